The molecule has 2 aliphatic heterocycles. The summed E-state index contributed by atoms with van der Waals surface area (Å²) in [6.45, 7) is 2.07. The van der Waals surface area contributed by atoms with Gasteiger partial charge in [-0.1, -0.05) is 36.0 Å². The molecular weight excluding hydrogens is 322 g/mol. The van der Waals surface area contributed by atoms with Gasteiger partial charge >= 0.3 is 0 Å². The summed E-state index contributed by atoms with van der Waals surface area (Å²) in [5, 5.41) is 0.608. The third-order valence-electron chi connectivity index (χ3n) is 4.24. The summed E-state index contributed by atoms with van der Waals surface area (Å²) in [7, 11) is 0. The van der Waals surface area contributed by atoms with E-state index < -0.39 is 0 Å². The van der Waals surface area contributed by atoms with Crippen molar-refractivity contribution in [3.63, 3.8) is 0 Å². The molecule has 0 aromatic heterocycles. The van der Waals surface area contributed by atoms with Gasteiger partial charge in [-0.15, -0.1) is 0 Å². The van der Waals surface area contributed by atoms with Crippen molar-refractivity contribution in [2.24, 2.45) is 15.7 Å². The molecule has 1 aromatic carbocycles. The van der Waals surface area contributed by atoms with Gasteiger partial charge in [-0.05, 0) is 30.5 Å². The van der Waals surface area contributed by atoms with Crippen molar-refractivity contribution in [3.8, 4) is 0 Å². The lowest BCUT2D eigenvalue weighted by molar-refractivity contribution is -0.115. The number of amidine groups is 1. The zero-order valence-corrected chi connectivity index (χ0v) is 14.3. The first-order valence-electron chi connectivity index (χ1n) is 7.84. The van der Waals surface area contributed by atoms with Crippen LogP contribution in [0.15, 0.2) is 46.0 Å². The molecule has 124 valence electrons. The minimum atomic E-state index is -0.344. The Morgan fingerprint density at radius 1 is 1.42 bits per heavy atom. The van der Waals surface area contributed by atoms with E-state index in [1.165, 1.54) is 6.21 Å². The van der Waals surface area contributed by atoms with Gasteiger partial charge in [-0.3, -0.25) is 14.6 Å². The number of benzene rings is 1. The number of hydrogen-bond acceptors (Lipinski definition) is 6. The largest absolute Gasteiger partial charge is 0.379 e. The Morgan fingerprint density at radius 2 is 2.25 bits per heavy atom. The van der Waals surface area contributed by atoms with E-state index in [1.807, 2.05) is 24.3 Å². The Hall–Kier alpha value is -2.21. The van der Waals surface area contributed by atoms with Crippen LogP contribution in [0, 0.1) is 0 Å². The Balaban J connectivity index is 1.79. The van der Waals surface area contributed by atoms with Gasteiger partial charge in [0.05, 0.1) is 11.8 Å². The van der Waals surface area contributed by atoms with Gasteiger partial charge in [0.1, 0.15) is 5.70 Å². The maximum atomic E-state index is 12.3. The topological polar surface area (TPSA) is 84.9 Å². The Morgan fingerprint density at radius 3 is 2.96 bits per heavy atom. The average Bonchev–Trinajstić information content (AvgIpc) is 2.55. The lowest BCUT2D eigenvalue weighted by Crippen LogP contribution is -2.28. The van der Waals surface area contributed by atoms with Crippen molar-refractivity contribution >= 4 is 34.7 Å². The number of aliphatic imine (C=N–C) groups is 2. The van der Waals surface area contributed by atoms with Crippen molar-refractivity contribution < 1.29 is 9.59 Å². The molecule has 2 N–H and O–H groups in total. The molecule has 0 fully saturated rings. The predicted octanol–water partition coefficient (Wildman–Crippen LogP) is 2.39. The highest BCUT2D eigenvalue weighted by Gasteiger charge is 2.29. The molecule has 1 unspecified atom stereocenters. The van der Waals surface area contributed by atoms with Gasteiger partial charge in [0, 0.05) is 18.6 Å². The van der Waals surface area contributed by atoms with E-state index in [-0.39, 0.29) is 29.9 Å². The molecule has 3 rings (SSSR count). The number of nitrogens with zero attached hydrogens (tertiary/aromatic N) is 2. The van der Waals surface area contributed by atoms with Crippen LogP contribution in [-0.2, 0) is 21.5 Å². The molecule has 1 aromatic rings. The second-order valence-electron chi connectivity index (χ2n) is 6.14. The van der Waals surface area contributed by atoms with Crippen molar-refractivity contribution in [2.75, 3.05) is 5.75 Å². The fourth-order valence-corrected chi connectivity index (χ4v) is 3.79. The molecule has 6 heteroatoms. The Labute approximate surface area is 145 Å². The highest BCUT2D eigenvalue weighted by molar-refractivity contribution is 8.13. The SMILES string of the molecule is CC1(c2cccc(CC(=O)C3=CCC(=O)C=N3)c2)CCSC(N)=N1. The van der Waals surface area contributed by atoms with Crippen molar-refractivity contribution in [1.29, 1.82) is 0 Å². The highest BCUT2D eigenvalue weighted by Crippen LogP contribution is 2.35. The highest BCUT2D eigenvalue weighted by atomic mass is 32.2. The lowest BCUT2D eigenvalue weighted by Gasteiger charge is -2.30. The molecule has 0 radical (unpaired) electrons. The number of hydrogen-bond donors (Lipinski definition) is 1. The molecular formula is C18H19N3O2S. The molecule has 0 amide bonds. The van der Waals surface area contributed by atoms with Crippen LogP contribution >= 0.6 is 11.8 Å². The first-order chi connectivity index (χ1) is 11.5. The first kappa shape index (κ1) is 16.6. The molecule has 1 atom stereocenters. The number of allylic oxidation sites excluding steroid dienone is 2. The third-order valence-corrected chi connectivity index (χ3v) is 5.03. The quantitative estimate of drug-likeness (QED) is 0.911. The van der Waals surface area contributed by atoms with Crippen molar-refractivity contribution in [2.45, 2.75) is 31.7 Å². The minimum Gasteiger partial charge on any atom is -0.379 e. The first-order valence-corrected chi connectivity index (χ1v) is 8.83. The number of carbonyl (C=O) groups excluding carboxylic acids is 2. The summed E-state index contributed by atoms with van der Waals surface area (Å²) >= 11 is 1.57. The zero-order valence-electron chi connectivity index (χ0n) is 13.5. The average molecular weight is 341 g/mol. The van der Waals surface area contributed by atoms with Crippen LogP contribution in [0.5, 0.6) is 0 Å². The molecule has 0 saturated heterocycles. The van der Waals surface area contributed by atoms with E-state index in [0.717, 1.165) is 23.3 Å². The van der Waals surface area contributed by atoms with E-state index in [1.54, 1.807) is 17.8 Å². The van der Waals surface area contributed by atoms with Crippen LogP contribution in [0.3, 0.4) is 0 Å². The van der Waals surface area contributed by atoms with Crippen LogP contribution in [0.4, 0.5) is 0 Å². The monoisotopic (exact) mass is 341 g/mol. The molecule has 2 heterocycles. The standard InChI is InChI=1S/C18H19N3O2S/c1-18(7-8-24-17(19)21-18)13-4-2-3-12(9-13)10-16(23)15-6-5-14(22)11-20-15/h2-4,6,9,11H,5,7-8,10H2,1H3,(H2,19,21). The van der Waals surface area contributed by atoms with Crippen LogP contribution in [0.25, 0.3) is 0 Å². The lowest BCUT2D eigenvalue weighted by atomic mass is 9.88. The van der Waals surface area contributed by atoms with Crippen LogP contribution in [-0.4, -0.2) is 28.7 Å². The maximum Gasteiger partial charge on any atom is 0.185 e. The van der Waals surface area contributed by atoms with E-state index in [4.69, 9.17) is 5.73 Å². The van der Waals surface area contributed by atoms with E-state index in [9.17, 15) is 9.59 Å². The molecule has 2 aliphatic rings. The summed E-state index contributed by atoms with van der Waals surface area (Å²) in [6, 6.07) is 7.91. The summed E-state index contributed by atoms with van der Waals surface area (Å²) in [4.78, 5) is 32.0. The number of nitrogens with two attached hydrogens (primary N) is 1. The number of carbonyl (C=O) groups is 2. The number of rotatable bonds is 4. The van der Waals surface area contributed by atoms with Crippen molar-refractivity contribution in [1.82, 2.24) is 0 Å². The maximum absolute atomic E-state index is 12.3. The predicted molar refractivity (Wildman–Crippen MR) is 97.4 cm³/mol. The van der Waals surface area contributed by atoms with Gasteiger partial charge in [0.25, 0.3) is 0 Å². The molecule has 24 heavy (non-hydrogen) atoms. The van der Waals surface area contributed by atoms with Gasteiger partial charge in [-0.2, -0.15) is 0 Å². The third kappa shape index (κ3) is 3.64. The molecule has 0 aliphatic carbocycles. The van der Waals surface area contributed by atoms with Crippen molar-refractivity contribution in [3.05, 3.63) is 47.2 Å². The van der Waals surface area contributed by atoms with Gasteiger partial charge in [0.15, 0.2) is 16.7 Å². The Bertz CT molecular complexity index is 782. The Kier molecular flexibility index (Phi) is 4.66. The summed E-state index contributed by atoms with van der Waals surface area (Å²) in [5.41, 5.74) is 7.88. The zero-order chi connectivity index (χ0) is 17.2. The van der Waals surface area contributed by atoms with Crippen LogP contribution < -0.4 is 5.73 Å². The van der Waals surface area contributed by atoms with E-state index in [2.05, 4.69) is 16.9 Å². The summed E-state index contributed by atoms with van der Waals surface area (Å²) in [5.74, 6) is 0.778. The second-order valence-corrected chi connectivity index (χ2v) is 7.26. The van der Waals surface area contributed by atoms with Gasteiger partial charge in [0.2, 0.25) is 0 Å². The second kappa shape index (κ2) is 6.73. The fourth-order valence-electron chi connectivity index (χ4n) is 2.82. The van der Waals surface area contributed by atoms with Gasteiger partial charge in [-0.25, -0.2) is 4.99 Å². The van der Waals surface area contributed by atoms with E-state index >= 15 is 0 Å². The normalized spacial score (nSPS) is 23.6. The van der Waals surface area contributed by atoms with Crippen LogP contribution in [0.2, 0.25) is 0 Å². The molecule has 0 spiro atoms. The fraction of sp³-hybridized carbons (Fsp3) is 0.333. The van der Waals surface area contributed by atoms with E-state index in [0.29, 0.717) is 10.9 Å². The van der Waals surface area contributed by atoms with Gasteiger partial charge < -0.3 is 5.73 Å². The summed E-state index contributed by atoms with van der Waals surface area (Å²) < 4.78 is 0. The molecule has 0 saturated carbocycles. The number of Topliss-reactive ketones (excluding diaryl/α,β-unsaturated/α-hetero) is 2. The number of ketones is 2. The molecule has 0 bridgehead atoms. The summed E-state index contributed by atoms with van der Waals surface area (Å²) in [6.07, 6.45) is 4.23. The minimum absolute atomic E-state index is 0.0768. The smallest absolute Gasteiger partial charge is 0.185 e. The van der Waals surface area contributed by atoms with Crippen LogP contribution in [0.1, 0.15) is 30.9 Å². The number of thioether (sulfide) groups is 1. The molecule has 5 nitrogen and oxygen atoms in total.